The number of hydrogen-bond acceptors (Lipinski definition) is 1. The van der Waals surface area contributed by atoms with Crippen molar-refractivity contribution in [3.8, 4) is 0 Å². The van der Waals surface area contributed by atoms with Crippen molar-refractivity contribution in [1.82, 2.24) is 0 Å². The highest BCUT2D eigenvalue weighted by atomic mass is 19.4. The molecule has 1 N–H and O–H groups in total. The van der Waals surface area contributed by atoms with Gasteiger partial charge in [-0.15, -0.1) is 0 Å². The minimum absolute atomic E-state index is 0.0323. The molecule has 0 atom stereocenters. The van der Waals surface area contributed by atoms with E-state index in [4.69, 9.17) is 5.11 Å². The quantitative estimate of drug-likeness (QED) is 0.878. The maximum Gasteiger partial charge on any atom is 0.416 e. The smallest absolute Gasteiger partial charge is 0.416 e. The minimum Gasteiger partial charge on any atom is -0.481 e. The lowest BCUT2D eigenvalue weighted by Crippen LogP contribution is -2.04. The highest BCUT2D eigenvalue weighted by molar-refractivity contribution is 5.67. The number of carbonyl (C=O) groups is 1. The molecule has 0 saturated heterocycles. The van der Waals surface area contributed by atoms with E-state index in [1.54, 1.807) is 6.08 Å². The van der Waals surface area contributed by atoms with Crippen LogP contribution in [-0.2, 0) is 11.0 Å². The van der Waals surface area contributed by atoms with E-state index in [0.29, 0.717) is 12.0 Å². The summed E-state index contributed by atoms with van der Waals surface area (Å²) in [7, 11) is 0. The van der Waals surface area contributed by atoms with Crippen molar-refractivity contribution >= 4 is 12.0 Å². The fraction of sp³-hybridized carbons (Fsp3) is 0.250. The Kier molecular flexibility index (Phi) is 4.31. The molecule has 1 rings (SSSR count). The monoisotopic (exact) mass is 244 g/mol. The number of benzene rings is 1. The summed E-state index contributed by atoms with van der Waals surface area (Å²) in [6, 6.07) is 4.87. The Morgan fingerprint density at radius 3 is 2.65 bits per heavy atom. The first-order valence-corrected chi connectivity index (χ1v) is 4.95. The van der Waals surface area contributed by atoms with Gasteiger partial charge in [0.15, 0.2) is 0 Å². The molecule has 0 spiro atoms. The molecule has 0 bridgehead atoms. The second-order valence-corrected chi connectivity index (χ2v) is 3.46. The second-order valence-electron chi connectivity index (χ2n) is 3.46. The summed E-state index contributed by atoms with van der Waals surface area (Å²) in [4.78, 5) is 10.2. The molecule has 5 heteroatoms. The number of aliphatic carboxylic acids is 1. The molecular formula is C12H11F3O2. The zero-order valence-electron chi connectivity index (χ0n) is 8.87. The molecule has 0 unspecified atom stereocenters. The zero-order chi connectivity index (χ0) is 12.9. The van der Waals surface area contributed by atoms with Gasteiger partial charge in [0.1, 0.15) is 0 Å². The van der Waals surface area contributed by atoms with Crippen molar-refractivity contribution in [2.45, 2.75) is 19.0 Å². The Hall–Kier alpha value is -1.78. The van der Waals surface area contributed by atoms with Gasteiger partial charge in [-0.1, -0.05) is 24.3 Å². The van der Waals surface area contributed by atoms with E-state index in [2.05, 4.69) is 0 Å². The maximum absolute atomic E-state index is 12.4. The van der Waals surface area contributed by atoms with Crippen LogP contribution in [0.25, 0.3) is 6.08 Å². The lowest BCUT2D eigenvalue weighted by Gasteiger charge is -2.06. The first-order chi connectivity index (χ1) is 7.89. The van der Waals surface area contributed by atoms with Gasteiger partial charge in [-0.3, -0.25) is 4.79 Å². The molecule has 0 radical (unpaired) electrons. The Balaban J connectivity index is 2.69. The van der Waals surface area contributed by atoms with Crippen LogP contribution in [0.3, 0.4) is 0 Å². The van der Waals surface area contributed by atoms with Gasteiger partial charge >= 0.3 is 12.1 Å². The van der Waals surface area contributed by atoms with Gasteiger partial charge in [0, 0.05) is 6.42 Å². The van der Waals surface area contributed by atoms with E-state index in [0.717, 1.165) is 12.1 Å². The van der Waals surface area contributed by atoms with Gasteiger partial charge in [0.2, 0.25) is 0 Å². The van der Waals surface area contributed by atoms with Crippen molar-refractivity contribution in [1.29, 1.82) is 0 Å². The van der Waals surface area contributed by atoms with Crippen LogP contribution >= 0.6 is 0 Å². The van der Waals surface area contributed by atoms with Gasteiger partial charge in [-0.25, -0.2) is 0 Å². The molecule has 0 saturated carbocycles. The molecule has 0 heterocycles. The number of allylic oxidation sites excluding steroid dienone is 1. The van der Waals surface area contributed by atoms with Gasteiger partial charge in [0.05, 0.1) is 5.56 Å². The Labute approximate surface area is 96.4 Å². The van der Waals surface area contributed by atoms with Crippen molar-refractivity contribution in [2.75, 3.05) is 0 Å². The lowest BCUT2D eigenvalue weighted by molar-refractivity contribution is -0.138. The number of hydrogen-bond donors (Lipinski definition) is 1. The van der Waals surface area contributed by atoms with E-state index >= 15 is 0 Å². The number of carboxylic acid groups (broad SMARTS) is 1. The topological polar surface area (TPSA) is 37.3 Å². The molecule has 92 valence electrons. The lowest BCUT2D eigenvalue weighted by atomic mass is 10.1. The fourth-order valence-electron chi connectivity index (χ4n) is 1.24. The third-order valence-corrected chi connectivity index (χ3v) is 2.05. The average Bonchev–Trinajstić information content (AvgIpc) is 2.23. The van der Waals surface area contributed by atoms with E-state index in [1.165, 1.54) is 18.2 Å². The van der Waals surface area contributed by atoms with E-state index in [9.17, 15) is 18.0 Å². The summed E-state index contributed by atoms with van der Waals surface area (Å²) in [5, 5.41) is 8.38. The Bertz CT molecular complexity index is 422. The zero-order valence-corrected chi connectivity index (χ0v) is 8.87. The molecule has 1 aromatic rings. The van der Waals surface area contributed by atoms with Crippen molar-refractivity contribution in [3.63, 3.8) is 0 Å². The van der Waals surface area contributed by atoms with Crippen LogP contribution in [0, 0.1) is 0 Å². The average molecular weight is 244 g/mol. The van der Waals surface area contributed by atoms with E-state index < -0.39 is 17.7 Å². The summed E-state index contributed by atoms with van der Waals surface area (Å²) in [6.07, 6.45) is -1.06. The summed E-state index contributed by atoms with van der Waals surface area (Å²) in [5.41, 5.74) is -0.303. The highest BCUT2D eigenvalue weighted by Gasteiger charge is 2.30. The molecule has 0 aliphatic rings. The van der Waals surface area contributed by atoms with Crippen molar-refractivity contribution in [2.24, 2.45) is 0 Å². The molecule has 0 fully saturated rings. The van der Waals surface area contributed by atoms with Crippen molar-refractivity contribution in [3.05, 3.63) is 41.5 Å². The summed E-state index contributed by atoms with van der Waals surface area (Å²) in [5.74, 6) is -0.932. The Morgan fingerprint density at radius 2 is 2.06 bits per heavy atom. The first-order valence-electron chi connectivity index (χ1n) is 4.95. The van der Waals surface area contributed by atoms with Gasteiger partial charge in [-0.05, 0) is 24.1 Å². The van der Waals surface area contributed by atoms with Crippen molar-refractivity contribution < 1.29 is 23.1 Å². The van der Waals surface area contributed by atoms with Crippen LogP contribution < -0.4 is 0 Å². The molecule has 17 heavy (non-hydrogen) atoms. The molecule has 0 aliphatic heterocycles. The SMILES string of the molecule is O=C(O)CC/C=C/c1cccc(C(F)(F)F)c1. The predicted octanol–water partition coefficient (Wildman–Crippen LogP) is 3.58. The third kappa shape index (κ3) is 4.72. The largest absolute Gasteiger partial charge is 0.481 e. The summed E-state index contributed by atoms with van der Waals surface area (Å²) in [6.45, 7) is 0. The van der Waals surface area contributed by atoms with Crippen LogP contribution in [0.5, 0.6) is 0 Å². The Morgan fingerprint density at radius 1 is 1.35 bits per heavy atom. The number of rotatable bonds is 4. The van der Waals surface area contributed by atoms with Gasteiger partial charge in [-0.2, -0.15) is 13.2 Å². The molecule has 0 amide bonds. The predicted molar refractivity (Wildman–Crippen MR) is 57.3 cm³/mol. The molecule has 0 aliphatic carbocycles. The summed E-state index contributed by atoms with van der Waals surface area (Å²) < 4.78 is 37.1. The first kappa shape index (κ1) is 13.3. The van der Waals surface area contributed by atoms with Gasteiger partial charge < -0.3 is 5.11 Å². The molecule has 0 aromatic heterocycles. The van der Waals surface area contributed by atoms with Crippen LogP contribution in [0.2, 0.25) is 0 Å². The van der Waals surface area contributed by atoms with Crippen LogP contribution in [0.4, 0.5) is 13.2 Å². The highest BCUT2D eigenvalue weighted by Crippen LogP contribution is 2.29. The maximum atomic E-state index is 12.4. The summed E-state index contributed by atoms with van der Waals surface area (Å²) >= 11 is 0. The van der Waals surface area contributed by atoms with E-state index in [-0.39, 0.29) is 6.42 Å². The number of halogens is 3. The fourth-order valence-corrected chi connectivity index (χ4v) is 1.24. The van der Waals surface area contributed by atoms with Gasteiger partial charge in [0.25, 0.3) is 0 Å². The van der Waals surface area contributed by atoms with Crippen LogP contribution in [0.15, 0.2) is 30.3 Å². The number of alkyl halides is 3. The van der Waals surface area contributed by atoms with Crippen LogP contribution in [-0.4, -0.2) is 11.1 Å². The normalized spacial score (nSPS) is 11.9. The van der Waals surface area contributed by atoms with Crippen LogP contribution in [0.1, 0.15) is 24.0 Å². The molecule has 1 aromatic carbocycles. The molecular weight excluding hydrogens is 233 g/mol. The second kappa shape index (κ2) is 5.52. The number of carboxylic acids is 1. The minimum atomic E-state index is -4.36. The molecule has 2 nitrogen and oxygen atoms in total. The third-order valence-electron chi connectivity index (χ3n) is 2.05. The van der Waals surface area contributed by atoms with E-state index in [1.807, 2.05) is 0 Å². The standard InChI is InChI=1S/C12H11F3O2/c13-12(14,15)10-6-3-5-9(8-10)4-1-2-7-11(16)17/h1,3-6,8H,2,7H2,(H,16,17)/b4-1+.